The number of benzene rings is 3. The van der Waals surface area contributed by atoms with E-state index in [1.54, 1.807) is 0 Å². The van der Waals surface area contributed by atoms with Crippen molar-refractivity contribution in [1.82, 2.24) is 0 Å². The van der Waals surface area contributed by atoms with Gasteiger partial charge in [-0.25, -0.2) is 14.4 Å². The summed E-state index contributed by atoms with van der Waals surface area (Å²) in [4.78, 5) is 34.6. The number of aromatic carboxylic acids is 2. The van der Waals surface area contributed by atoms with E-state index in [-0.39, 0.29) is 33.9 Å². The van der Waals surface area contributed by atoms with Crippen molar-refractivity contribution in [3.05, 3.63) is 82.4 Å². The fourth-order valence-corrected chi connectivity index (χ4v) is 3.02. The molecular formula is C22H14ClF3N4O5. The number of rotatable bonds is 6. The number of carbonyl (C=O) groups excluding carboxylic acids is 1. The molecule has 0 spiro atoms. The zero-order chi connectivity index (χ0) is 25.8. The number of nitrogens with one attached hydrogen (secondary N) is 2. The monoisotopic (exact) mass is 506 g/mol. The highest BCUT2D eigenvalue weighted by Gasteiger charge is 2.33. The Bertz CT molecular complexity index is 1310. The Balaban J connectivity index is 1.74. The largest absolute Gasteiger partial charge is 0.478 e. The van der Waals surface area contributed by atoms with E-state index >= 15 is 0 Å². The molecule has 0 atom stereocenters. The molecule has 3 aromatic rings. The lowest BCUT2D eigenvalue weighted by atomic mass is 10.1. The van der Waals surface area contributed by atoms with Crippen molar-refractivity contribution in [2.24, 2.45) is 10.2 Å². The van der Waals surface area contributed by atoms with Gasteiger partial charge in [0, 0.05) is 11.4 Å². The first-order chi connectivity index (χ1) is 16.4. The summed E-state index contributed by atoms with van der Waals surface area (Å²) in [6.45, 7) is 0. The molecule has 0 aliphatic heterocycles. The Morgan fingerprint density at radius 1 is 0.771 bits per heavy atom. The van der Waals surface area contributed by atoms with Gasteiger partial charge >= 0.3 is 24.1 Å². The van der Waals surface area contributed by atoms with Gasteiger partial charge in [0.2, 0.25) is 0 Å². The van der Waals surface area contributed by atoms with Crippen LogP contribution in [0.5, 0.6) is 0 Å². The van der Waals surface area contributed by atoms with Crippen molar-refractivity contribution in [3.63, 3.8) is 0 Å². The molecular weight excluding hydrogens is 493 g/mol. The molecule has 3 aromatic carbocycles. The van der Waals surface area contributed by atoms with Gasteiger partial charge in [-0.3, -0.25) is 0 Å². The van der Waals surface area contributed by atoms with E-state index in [4.69, 9.17) is 21.8 Å². The van der Waals surface area contributed by atoms with Crippen molar-refractivity contribution in [3.8, 4) is 0 Å². The lowest BCUT2D eigenvalue weighted by Gasteiger charge is -2.12. The number of amides is 2. The van der Waals surface area contributed by atoms with Gasteiger partial charge in [0.1, 0.15) is 0 Å². The number of azo groups is 1. The predicted octanol–water partition coefficient (Wildman–Crippen LogP) is 6.81. The van der Waals surface area contributed by atoms with Crippen LogP contribution >= 0.6 is 11.6 Å². The zero-order valence-corrected chi connectivity index (χ0v) is 18.1. The quantitative estimate of drug-likeness (QED) is 0.272. The number of alkyl halides is 3. The number of halogens is 4. The maximum atomic E-state index is 13.0. The summed E-state index contributed by atoms with van der Waals surface area (Å²) < 4.78 is 39.0. The second-order valence-electron chi connectivity index (χ2n) is 6.90. The second-order valence-corrected chi connectivity index (χ2v) is 7.31. The van der Waals surface area contributed by atoms with E-state index < -0.39 is 34.7 Å². The standard InChI is InChI=1S/C22H14ClF3N4O5/c23-18-5-4-14(10-17(18)22(24,25)26)28-21(35)27-13-2-1-3-15(9-13)29-30-16-7-11(19(31)32)6-12(8-16)20(33)34/h1-10H,(H,31,32)(H,33,34)(H2,27,28,35)/b30-29+. The smallest absolute Gasteiger partial charge is 0.417 e. The molecule has 180 valence electrons. The molecule has 0 heterocycles. The van der Waals surface area contributed by atoms with Crippen LogP contribution in [-0.4, -0.2) is 28.2 Å². The molecule has 0 radical (unpaired) electrons. The van der Waals surface area contributed by atoms with E-state index in [1.165, 1.54) is 30.3 Å². The minimum absolute atomic E-state index is 0.0263. The first-order valence-electron chi connectivity index (χ1n) is 9.50. The summed E-state index contributed by atoms with van der Waals surface area (Å²) in [5.74, 6) is -2.69. The molecule has 0 saturated carbocycles. The second kappa shape index (κ2) is 10.2. The molecule has 13 heteroatoms. The highest BCUT2D eigenvalue weighted by atomic mass is 35.5. The van der Waals surface area contributed by atoms with Crippen LogP contribution in [-0.2, 0) is 6.18 Å². The highest BCUT2D eigenvalue weighted by Crippen LogP contribution is 2.36. The van der Waals surface area contributed by atoms with Crippen LogP contribution in [0.4, 0.5) is 40.7 Å². The predicted molar refractivity (Wildman–Crippen MR) is 120 cm³/mol. The summed E-state index contributed by atoms with van der Waals surface area (Å²) in [6, 6.07) is 11.2. The molecule has 35 heavy (non-hydrogen) atoms. The van der Waals surface area contributed by atoms with Crippen LogP contribution in [0.1, 0.15) is 26.3 Å². The molecule has 2 amide bonds. The Morgan fingerprint density at radius 2 is 1.34 bits per heavy atom. The Kier molecular flexibility index (Phi) is 7.35. The van der Waals surface area contributed by atoms with E-state index in [2.05, 4.69) is 20.9 Å². The number of hydrogen-bond donors (Lipinski definition) is 4. The number of anilines is 2. The SMILES string of the molecule is O=C(Nc1cccc(/N=N/c2cc(C(=O)O)cc(C(=O)O)c2)c1)Nc1ccc(Cl)c(C(F)(F)F)c1. The zero-order valence-electron chi connectivity index (χ0n) is 17.3. The normalized spacial score (nSPS) is 11.3. The van der Waals surface area contributed by atoms with Gasteiger partial charge < -0.3 is 20.8 Å². The van der Waals surface area contributed by atoms with Crippen LogP contribution in [0.2, 0.25) is 5.02 Å². The Hall–Kier alpha value is -4.45. The molecule has 3 rings (SSSR count). The van der Waals surface area contributed by atoms with Crippen LogP contribution < -0.4 is 10.6 Å². The summed E-state index contributed by atoms with van der Waals surface area (Å²) in [5.41, 5.74) is -1.41. The minimum Gasteiger partial charge on any atom is -0.478 e. The van der Waals surface area contributed by atoms with E-state index in [0.717, 1.165) is 24.3 Å². The number of carbonyl (C=O) groups is 3. The van der Waals surface area contributed by atoms with Crippen molar-refractivity contribution < 1.29 is 37.8 Å². The molecule has 0 unspecified atom stereocenters. The van der Waals surface area contributed by atoms with Crippen LogP contribution in [0.3, 0.4) is 0 Å². The summed E-state index contributed by atoms with van der Waals surface area (Å²) in [7, 11) is 0. The highest BCUT2D eigenvalue weighted by molar-refractivity contribution is 6.31. The molecule has 0 aromatic heterocycles. The molecule has 0 fully saturated rings. The van der Waals surface area contributed by atoms with Crippen molar-refractivity contribution in [1.29, 1.82) is 0 Å². The van der Waals surface area contributed by atoms with Gasteiger partial charge in [0.05, 0.1) is 33.1 Å². The lowest BCUT2D eigenvalue weighted by Crippen LogP contribution is -2.19. The maximum Gasteiger partial charge on any atom is 0.417 e. The van der Waals surface area contributed by atoms with Gasteiger partial charge in [-0.05, 0) is 54.6 Å². The van der Waals surface area contributed by atoms with E-state index in [0.29, 0.717) is 6.07 Å². The summed E-state index contributed by atoms with van der Waals surface area (Å²) >= 11 is 5.56. The third-order valence-corrected chi connectivity index (χ3v) is 4.66. The maximum absolute atomic E-state index is 13.0. The van der Waals surface area contributed by atoms with Crippen LogP contribution in [0.15, 0.2) is 70.9 Å². The first kappa shape index (κ1) is 25.2. The average molecular weight is 507 g/mol. The van der Waals surface area contributed by atoms with Crippen molar-refractivity contribution in [2.45, 2.75) is 6.18 Å². The number of carboxylic acids is 2. The number of urea groups is 1. The number of hydrogen-bond acceptors (Lipinski definition) is 5. The molecule has 0 aliphatic rings. The van der Waals surface area contributed by atoms with Crippen LogP contribution in [0.25, 0.3) is 0 Å². The fourth-order valence-electron chi connectivity index (χ4n) is 2.79. The summed E-state index contributed by atoms with van der Waals surface area (Å²) in [5, 5.41) is 30.2. The number of carboxylic acid groups (broad SMARTS) is 2. The van der Waals surface area contributed by atoms with Gasteiger partial charge in [0.25, 0.3) is 0 Å². The molecule has 0 bridgehead atoms. The third-order valence-electron chi connectivity index (χ3n) is 4.33. The molecule has 0 saturated heterocycles. The van der Waals surface area contributed by atoms with E-state index in [9.17, 15) is 27.6 Å². The van der Waals surface area contributed by atoms with E-state index in [1.807, 2.05) is 0 Å². The Labute approximate surface area is 199 Å². The Morgan fingerprint density at radius 3 is 1.91 bits per heavy atom. The topological polar surface area (TPSA) is 140 Å². The molecule has 0 aliphatic carbocycles. The molecule has 9 nitrogen and oxygen atoms in total. The van der Waals surface area contributed by atoms with Crippen LogP contribution in [0, 0.1) is 0 Å². The van der Waals surface area contributed by atoms with Gasteiger partial charge in [-0.15, -0.1) is 0 Å². The average Bonchev–Trinajstić information content (AvgIpc) is 2.78. The third kappa shape index (κ3) is 6.77. The fraction of sp³-hybridized carbons (Fsp3) is 0.0455. The van der Waals surface area contributed by atoms with Crippen molar-refractivity contribution >= 4 is 52.3 Å². The molecule has 4 N–H and O–H groups in total. The summed E-state index contributed by atoms with van der Waals surface area (Å²) in [6.07, 6.45) is -4.69. The minimum atomic E-state index is -4.69. The van der Waals surface area contributed by atoms with Gasteiger partial charge in [0.15, 0.2) is 0 Å². The van der Waals surface area contributed by atoms with Gasteiger partial charge in [-0.1, -0.05) is 17.7 Å². The first-order valence-corrected chi connectivity index (χ1v) is 9.88. The lowest BCUT2D eigenvalue weighted by molar-refractivity contribution is -0.137. The van der Waals surface area contributed by atoms with Crippen molar-refractivity contribution in [2.75, 3.05) is 10.6 Å². The van der Waals surface area contributed by atoms with Gasteiger partial charge in [-0.2, -0.15) is 23.4 Å². The number of nitrogens with zero attached hydrogens (tertiary/aromatic N) is 2.